The van der Waals surface area contributed by atoms with E-state index in [0.29, 0.717) is 15.6 Å². The molecule has 4 aromatic rings. The Labute approximate surface area is 212 Å². The number of nitrogens with one attached hydrogen (secondary N) is 3. The molecule has 0 bridgehead atoms. The van der Waals surface area contributed by atoms with Gasteiger partial charge in [-0.1, -0.05) is 77.8 Å². The summed E-state index contributed by atoms with van der Waals surface area (Å²) in [7, 11) is 0. The Balaban J connectivity index is 1.46. The van der Waals surface area contributed by atoms with Gasteiger partial charge in [-0.15, -0.1) is 0 Å². The molecule has 3 aromatic carbocycles. The molecule has 9 heteroatoms. The molecule has 1 atom stereocenters. The summed E-state index contributed by atoms with van der Waals surface area (Å²) in [5.41, 5.74) is 5.70. The molecular formula is C26H22Cl2N4O3. The van der Waals surface area contributed by atoms with Gasteiger partial charge in [-0.05, 0) is 29.3 Å². The summed E-state index contributed by atoms with van der Waals surface area (Å²) >= 11 is 12.1. The summed E-state index contributed by atoms with van der Waals surface area (Å²) in [5.74, 6) is -0.506. The second kappa shape index (κ2) is 11.6. The van der Waals surface area contributed by atoms with Gasteiger partial charge in [0, 0.05) is 34.1 Å². The molecular weight excluding hydrogens is 487 g/mol. The van der Waals surface area contributed by atoms with Crippen LogP contribution in [0.1, 0.15) is 16.7 Å². The van der Waals surface area contributed by atoms with Crippen LogP contribution in [-0.4, -0.2) is 29.2 Å². The summed E-state index contributed by atoms with van der Waals surface area (Å²) < 4.78 is 5.31. The third-order valence-corrected chi connectivity index (χ3v) is 5.82. The number of halogens is 2. The van der Waals surface area contributed by atoms with Crippen molar-refractivity contribution in [1.82, 2.24) is 15.7 Å². The molecule has 0 unspecified atom stereocenters. The smallest absolute Gasteiger partial charge is 0.408 e. The normalized spacial score (nSPS) is 11.9. The second-order valence-electron chi connectivity index (χ2n) is 7.72. The lowest BCUT2D eigenvalue weighted by Gasteiger charge is -2.17. The van der Waals surface area contributed by atoms with Gasteiger partial charge in [-0.25, -0.2) is 10.2 Å². The number of para-hydroxylation sites is 1. The predicted molar refractivity (Wildman–Crippen MR) is 138 cm³/mol. The lowest BCUT2D eigenvalue weighted by molar-refractivity contribution is -0.123. The van der Waals surface area contributed by atoms with Gasteiger partial charge < -0.3 is 15.0 Å². The number of hydrogen-bond donors (Lipinski definition) is 3. The third kappa shape index (κ3) is 6.62. The Kier molecular flexibility index (Phi) is 8.03. The maximum Gasteiger partial charge on any atom is 0.408 e. The van der Waals surface area contributed by atoms with Crippen LogP contribution in [0.25, 0.3) is 10.9 Å². The number of amides is 2. The van der Waals surface area contributed by atoms with Gasteiger partial charge in [-0.3, -0.25) is 4.79 Å². The number of carbonyl (C=O) groups excluding carboxylic acids is 2. The zero-order valence-corrected chi connectivity index (χ0v) is 20.0. The first-order valence-corrected chi connectivity index (χ1v) is 11.6. The van der Waals surface area contributed by atoms with Crippen LogP contribution in [0.4, 0.5) is 4.79 Å². The first-order valence-electron chi connectivity index (χ1n) is 10.8. The van der Waals surface area contributed by atoms with E-state index in [1.165, 1.54) is 6.21 Å². The van der Waals surface area contributed by atoms with Crippen molar-refractivity contribution in [2.45, 2.75) is 19.1 Å². The fourth-order valence-electron chi connectivity index (χ4n) is 3.49. The largest absolute Gasteiger partial charge is 0.445 e. The maximum atomic E-state index is 13.0. The molecule has 0 fully saturated rings. The number of rotatable bonds is 8. The lowest BCUT2D eigenvalue weighted by Crippen LogP contribution is -2.47. The molecule has 0 saturated heterocycles. The number of nitrogens with zero attached hydrogens (tertiary/aromatic N) is 1. The van der Waals surface area contributed by atoms with E-state index in [-0.39, 0.29) is 13.0 Å². The van der Waals surface area contributed by atoms with Crippen LogP contribution in [0.3, 0.4) is 0 Å². The molecule has 1 aromatic heterocycles. The van der Waals surface area contributed by atoms with Crippen molar-refractivity contribution in [3.05, 3.63) is 106 Å². The minimum absolute atomic E-state index is 0.0846. The van der Waals surface area contributed by atoms with E-state index >= 15 is 0 Å². The highest BCUT2D eigenvalue weighted by Crippen LogP contribution is 2.20. The summed E-state index contributed by atoms with van der Waals surface area (Å²) in [6, 6.07) is 21.0. The Morgan fingerprint density at radius 2 is 1.80 bits per heavy atom. The predicted octanol–water partition coefficient (Wildman–Crippen LogP) is 5.46. The van der Waals surface area contributed by atoms with Crippen molar-refractivity contribution >= 4 is 52.3 Å². The average Bonchev–Trinajstić information content (AvgIpc) is 3.27. The Hall–Kier alpha value is -3.81. The fraction of sp³-hybridized carbons (Fsp3) is 0.115. The maximum absolute atomic E-state index is 13.0. The molecule has 4 rings (SSSR count). The minimum Gasteiger partial charge on any atom is -0.445 e. The van der Waals surface area contributed by atoms with Crippen molar-refractivity contribution < 1.29 is 14.3 Å². The quantitative estimate of drug-likeness (QED) is 0.217. The standard InChI is InChI=1S/C26H22Cl2N4O3/c27-20-11-10-18(22(28)13-20)15-30-32-25(33)24(12-19-14-29-23-9-5-4-8-21(19)23)31-26(34)35-16-17-6-2-1-3-7-17/h1-11,13-15,24,29H,12,16H2,(H,31,34)(H,32,33)/b30-15-/t24-/m0/s1. The van der Waals surface area contributed by atoms with Crippen LogP contribution in [0, 0.1) is 0 Å². The molecule has 7 nitrogen and oxygen atoms in total. The summed E-state index contributed by atoms with van der Waals surface area (Å²) in [6.45, 7) is 0.0846. The monoisotopic (exact) mass is 508 g/mol. The number of fused-ring (bicyclic) bond motifs is 1. The first kappa shape index (κ1) is 24.3. The van der Waals surface area contributed by atoms with Crippen LogP contribution in [-0.2, 0) is 22.6 Å². The van der Waals surface area contributed by atoms with Crippen LogP contribution >= 0.6 is 23.2 Å². The molecule has 35 heavy (non-hydrogen) atoms. The molecule has 0 aliphatic rings. The molecule has 0 aliphatic carbocycles. The van der Waals surface area contributed by atoms with Gasteiger partial charge in [0.1, 0.15) is 12.6 Å². The summed E-state index contributed by atoms with van der Waals surface area (Å²) in [6.07, 6.45) is 2.75. The van der Waals surface area contributed by atoms with Crippen LogP contribution in [0.2, 0.25) is 10.0 Å². The molecule has 0 saturated carbocycles. The SMILES string of the molecule is O=C(N[C@@H](Cc1c[nH]c2ccccc12)C(=O)N/N=C\c1ccc(Cl)cc1Cl)OCc1ccccc1. The zero-order valence-electron chi connectivity index (χ0n) is 18.5. The second-order valence-corrected chi connectivity index (χ2v) is 8.57. The zero-order chi connectivity index (χ0) is 24.6. The van der Waals surface area contributed by atoms with E-state index in [9.17, 15) is 9.59 Å². The number of aromatic amines is 1. The van der Waals surface area contributed by atoms with E-state index in [2.05, 4.69) is 20.8 Å². The molecule has 2 amide bonds. The molecule has 0 radical (unpaired) electrons. The van der Waals surface area contributed by atoms with Gasteiger partial charge >= 0.3 is 6.09 Å². The Morgan fingerprint density at radius 3 is 2.60 bits per heavy atom. The summed E-state index contributed by atoms with van der Waals surface area (Å²) in [5, 5.41) is 8.50. The highest BCUT2D eigenvalue weighted by Gasteiger charge is 2.23. The average molecular weight is 509 g/mol. The minimum atomic E-state index is -0.935. The van der Waals surface area contributed by atoms with E-state index in [0.717, 1.165) is 22.0 Å². The van der Waals surface area contributed by atoms with E-state index in [1.807, 2.05) is 60.8 Å². The highest BCUT2D eigenvalue weighted by atomic mass is 35.5. The van der Waals surface area contributed by atoms with Crippen LogP contribution in [0.5, 0.6) is 0 Å². The number of hydrazone groups is 1. The molecule has 0 spiro atoms. The number of aromatic nitrogens is 1. The number of alkyl carbamates (subject to hydrolysis) is 1. The number of H-pyrrole nitrogens is 1. The van der Waals surface area contributed by atoms with Gasteiger partial charge in [0.15, 0.2) is 0 Å². The van der Waals surface area contributed by atoms with Crippen LogP contribution < -0.4 is 10.7 Å². The molecule has 0 aliphatic heterocycles. The summed E-state index contributed by atoms with van der Waals surface area (Å²) in [4.78, 5) is 28.7. The number of carbonyl (C=O) groups is 2. The van der Waals surface area contributed by atoms with Crippen molar-refractivity contribution in [1.29, 1.82) is 0 Å². The fourth-order valence-corrected chi connectivity index (χ4v) is 3.94. The van der Waals surface area contributed by atoms with E-state index < -0.39 is 18.0 Å². The molecule has 3 N–H and O–H groups in total. The number of benzene rings is 3. The van der Waals surface area contributed by atoms with Crippen molar-refractivity contribution in [3.8, 4) is 0 Å². The lowest BCUT2D eigenvalue weighted by atomic mass is 10.0. The number of ether oxygens (including phenoxy) is 1. The van der Waals surface area contributed by atoms with Gasteiger partial charge in [-0.2, -0.15) is 5.10 Å². The van der Waals surface area contributed by atoms with Gasteiger partial charge in [0.2, 0.25) is 0 Å². The number of hydrogen-bond acceptors (Lipinski definition) is 4. The van der Waals surface area contributed by atoms with E-state index in [4.69, 9.17) is 27.9 Å². The Morgan fingerprint density at radius 1 is 1.03 bits per heavy atom. The molecule has 178 valence electrons. The van der Waals surface area contributed by atoms with Crippen LogP contribution in [0.15, 0.2) is 84.1 Å². The Bertz CT molecular complexity index is 1360. The van der Waals surface area contributed by atoms with Crippen molar-refractivity contribution in [3.63, 3.8) is 0 Å². The van der Waals surface area contributed by atoms with E-state index in [1.54, 1.807) is 18.2 Å². The highest BCUT2D eigenvalue weighted by molar-refractivity contribution is 6.36. The molecule has 1 heterocycles. The van der Waals surface area contributed by atoms with Crippen molar-refractivity contribution in [2.24, 2.45) is 5.10 Å². The topological polar surface area (TPSA) is 95.6 Å². The van der Waals surface area contributed by atoms with Gasteiger partial charge in [0.25, 0.3) is 5.91 Å². The van der Waals surface area contributed by atoms with Gasteiger partial charge in [0.05, 0.1) is 11.2 Å². The van der Waals surface area contributed by atoms with Crippen molar-refractivity contribution in [2.75, 3.05) is 0 Å². The first-order chi connectivity index (χ1) is 17.0. The third-order valence-electron chi connectivity index (χ3n) is 5.26.